The SMILES string of the molecule is COC(=O)C(C)CN(Cc1ccc2c(c1)OCO2)C(=O)Nc1ccccc1. The first kappa shape index (κ1) is 18.6. The molecule has 2 aromatic rings. The Kier molecular flexibility index (Phi) is 5.80. The molecule has 1 aliphatic heterocycles. The summed E-state index contributed by atoms with van der Waals surface area (Å²) < 4.78 is 15.5. The van der Waals surface area contributed by atoms with Crippen molar-refractivity contribution in [3.8, 4) is 11.5 Å². The van der Waals surface area contributed by atoms with E-state index in [9.17, 15) is 9.59 Å². The van der Waals surface area contributed by atoms with Crippen molar-refractivity contribution in [2.24, 2.45) is 5.92 Å². The van der Waals surface area contributed by atoms with Gasteiger partial charge in [0.15, 0.2) is 11.5 Å². The van der Waals surface area contributed by atoms with Gasteiger partial charge in [0.2, 0.25) is 6.79 Å². The van der Waals surface area contributed by atoms with Crippen LogP contribution < -0.4 is 14.8 Å². The maximum Gasteiger partial charge on any atom is 0.322 e. The summed E-state index contributed by atoms with van der Waals surface area (Å²) >= 11 is 0. The maximum atomic E-state index is 12.8. The van der Waals surface area contributed by atoms with Crippen molar-refractivity contribution < 1.29 is 23.8 Å². The highest BCUT2D eigenvalue weighted by Gasteiger charge is 2.23. The minimum atomic E-state index is -0.453. The van der Waals surface area contributed by atoms with E-state index in [1.807, 2.05) is 36.4 Å². The molecular formula is C20H22N2O5. The number of nitrogens with one attached hydrogen (secondary N) is 1. The molecule has 7 heteroatoms. The molecule has 7 nitrogen and oxygen atoms in total. The van der Waals surface area contributed by atoms with Gasteiger partial charge in [-0.25, -0.2) is 4.79 Å². The highest BCUT2D eigenvalue weighted by molar-refractivity contribution is 5.89. The number of methoxy groups -OCH3 is 1. The van der Waals surface area contributed by atoms with Gasteiger partial charge in [-0.1, -0.05) is 31.2 Å². The number of para-hydroxylation sites is 1. The van der Waals surface area contributed by atoms with Crippen molar-refractivity contribution in [2.45, 2.75) is 13.5 Å². The average molecular weight is 370 g/mol. The topological polar surface area (TPSA) is 77.1 Å². The number of ether oxygens (including phenoxy) is 3. The second kappa shape index (κ2) is 8.44. The Bertz CT molecular complexity index is 809. The summed E-state index contributed by atoms with van der Waals surface area (Å²) in [7, 11) is 1.34. The molecule has 0 aliphatic carbocycles. The van der Waals surface area contributed by atoms with E-state index in [4.69, 9.17) is 14.2 Å². The zero-order chi connectivity index (χ0) is 19.2. The lowest BCUT2D eigenvalue weighted by Gasteiger charge is -2.25. The summed E-state index contributed by atoms with van der Waals surface area (Å²) in [5.74, 6) is 0.516. The number of amides is 2. The fraction of sp³-hybridized carbons (Fsp3) is 0.300. The molecule has 3 rings (SSSR count). The number of carbonyl (C=O) groups excluding carboxylic acids is 2. The highest BCUT2D eigenvalue weighted by atomic mass is 16.7. The van der Waals surface area contributed by atoms with E-state index in [0.717, 1.165) is 5.56 Å². The number of urea groups is 1. The second-order valence-corrected chi connectivity index (χ2v) is 6.29. The number of benzene rings is 2. The number of carbonyl (C=O) groups is 2. The molecule has 1 heterocycles. The smallest absolute Gasteiger partial charge is 0.322 e. The summed E-state index contributed by atoms with van der Waals surface area (Å²) in [5.41, 5.74) is 1.56. The number of nitrogens with zero attached hydrogens (tertiary/aromatic N) is 1. The van der Waals surface area contributed by atoms with E-state index >= 15 is 0 Å². The fourth-order valence-electron chi connectivity index (χ4n) is 2.81. The van der Waals surface area contributed by atoms with Crippen LogP contribution in [0.4, 0.5) is 10.5 Å². The normalized spacial score (nSPS) is 13.0. The van der Waals surface area contributed by atoms with Crippen molar-refractivity contribution in [3.63, 3.8) is 0 Å². The molecule has 1 atom stereocenters. The number of esters is 1. The van der Waals surface area contributed by atoms with Gasteiger partial charge in [0.05, 0.1) is 13.0 Å². The Labute approximate surface area is 157 Å². The molecule has 2 amide bonds. The molecule has 0 spiro atoms. The van der Waals surface area contributed by atoms with Crippen LogP contribution in [0.5, 0.6) is 11.5 Å². The van der Waals surface area contributed by atoms with Crippen molar-refractivity contribution in [1.29, 1.82) is 0 Å². The van der Waals surface area contributed by atoms with Gasteiger partial charge in [-0.05, 0) is 29.8 Å². The van der Waals surface area contributed by atoms with E-state index < -0.39 is 5.92 Å². The molecule has 2 aromatic carbocycles. The van der Waals surface area contributed by atoms with E-state index in [1.54, 1.807) is 24.0 Å². The average Bonchev–Trinajstić information content (AvgIpc) is 3.15. The van der Waals surface area contributed by atoms with Crippen LogP contribution >= 0.6 is 0 Å². The van der Waals surface area contributed by atoms with Crippen molar-refractivity contribution >= 4 is 17.7 Å². The zero-order valence-electron chi connectivity index (χ0n) is 15.3. The lowest BCUT2D eigenvalue weighted by molar-refractivity contribution is -0.145. The van der Waals surface area contributed by atoms with Gasteiger partial charge in [-0.3, -0.25) is 4.79 Å². The predicted molar refractivity (Wildman–Crippen MR) is 99.6 cm³/mol. The van der Waals surface area contributed by atoms with Crippen LogP contribution in [-0.4, -0.2) is 37.3 Å². The van der Waals surface area contributed by atoms with E-state index in [1.165, 1.54) is 7.11 Å². The molecule has 0 fully saturated rings. The number of rotatable bonds is 6. The van der Waals surface area contributed by atoms with Gasteiger partial charge in [-0.2, -0.15) is 0 Å². The molecule has 0 saturated heterocycles. The number of hydrogen-bond acceptors (Lipinski definition) is 5. The fourth-order valence-corrected chi connectivity index (χ4v) is 2.81. The van der Waals surface area contributed by atoms with Crippen LogP contribution in [0.2, 0.25) is 0 Å². The lowest BCUT2D eigenvalue weighted by atomic mass is 10.1. The largest absolute Gasteiger partial charge is 0.469 e. The summed E-state index contributed by atoms with van der Waals surface area (Å²) in [6.45, 7) is 2.46. The van der Waals surface area contributed by atoms with Crippen LogP contribution in [-0.2, 0) is 16.1 Å². The first-order valence-electron chi connectivity index (χ1n) is 8.64. The van der Waals surface area contributed by atoms with Gasteiger partial charge in [0.1, 0.15) is 0 Å². The van der Waals surface area contributed by atoms with Gasteiger partial charge < -0.3 is 24.4 Å². The number of anilines is 1. The highest BCUT2D eigenvalue weighted by Crippen LogP contribution is 2.33. The summed E-state index contributed by atoms with van der Waals surface area (Å²) in [4.78, 5) is 26.2. The van der Waals surface area contributed by atoms with Crippen LogP contribution in [0.25, 0.3) is 0 Å². The molecule has 0 radical (unpaired) electrons. The van der Waals surface area contributed by atoms with Gasteiger partial charge >= 0.3 is 12.0 Å². The third-order valence-electron chi connectivity index (χ3n) is 4.22. The van der Waals surface area contributed by atoms with E-state index in [0.29, 0.717) is 23.7 Å². The predicted octanol–water partition coefficient (Wildman–Crippen LogP) is 3.26. The van der Waals surface area contributed by atoms with Crippen LogP contribution in [0.1, 0.15) is 12.5 Å². The summed E-state index contributed by atoms with van der Waals surface area (Å²) in [6.07, 6.45) is 0. The molecule has 27 heavy (non-hydrogen) atoms. The third kappa shape index (κ3) is 4.69. The van der Waals surface area contributed by atoms with E-state index in [2.05, 4.69) is 5.32 Å². The molecule has 0 aromatic heterocycles. The quantitative estimate of drug-likeness (QED) is 0.790. The Morgan fingerprint density at radius 1 is 1.15 bits per heavy atom. The monoisotopic (exact) mass is 370 g/mol. The number of hydrogen-bond donors (Lipinski definition) is 1. The standard InChI is InChI=1S/C20H22N2O5/c1-14(19(23)25-2)11-22(20(24)21-16-6-4-3-5-7-16)12-15-8-9-17-18(10-15)27-13-26-17/h3-10,14H,11-13H2,1-2H3,(H,21,24). The molecule has 1 aliphatic rings. The van der Waals surface area contributed by atoms with Crippen LogP contribution in [0.3, 0.4) is 0 Å². The summed E-state index contributed by atoms with van der Waals surface area (Å²) in [6, 6.07) is 14.4. The second-order valence-electron chi connectivity index (χ2n) is 6.29. The maximum absolute atomic E-state index is 12.8. The van der Waals surface area contributed by atoms with Crippen LogP contribution in [0.15, 0.2) is 48.5 Å². The van der Waals surface area contributed by atoms with Gasteiger partial charge in [-0.15, -0.1) is 0 Å². The molecule has 142 valence electrons. The summed E-state index contributed by atoms with van der Waals surface area (Å²) in [5, 5.41) is 2.86. The number of fused-ring (bicyclic) bond motifs is 1. The van der Waals surface area contributed by atoms with Crippen molar-refractivity contribution in [1.82, 2.24) is 4.90 Å². The molecule has 1 unspecified atom stereocenters. The van der Waals surface area contributed by atoms with Crippen molar-refractivity contribution in [2.75, 3.05) is 25.8 Å². The van der Waals surface area contributed by atoms with Gasteiger partial charge in [0.25, 0.3) is 0 Å². The third-order valence-corrected chi connectivity index (χ3v) is 4.22. The first-order valence-corrected chi connectivity index (χ1v) is 8.64. The Balaban J connectivity index is 1.76. The lowest BCUT2D eigenvalue weighted by Crippen LogP contribution is -2.39. The minimum Gasteiger partial charge on any atom is -0.469 e. The minimum absolute atomic E-state index is 0.191. The Morgan fingerprint density at radius 2 is 1.89 bits per heavy atom. The zero-order valence-corrected chi connectivity index (χ0v) is 15.3. The molecular weight excluding hydrogens is 348 g/mol. The Hall–Kier alpha value is -3.22. The van der Waals surface area contributed by atoms with Crippen LogP contribution in [0, 0.1) is 5.92 Å². The van der Waals surface area contributed by atoms with Gasteiger partial charge in [0, 0.05) is 18.8 Å². The molecule has 0 bridgehead atoms. The molecule has 0 saturated carbocycles. The first-order chi connectivity index (χ1) is 13.1. The van der Waals surface area contributed by atoms with Crippen molar-refractivity contribution in [3.05, 3.63) is 54.1 Å². The van der Waals surface area contributed by atoms with E-state index in [-0.39, 0.29) is 25.3 Å². The molecule has 1 N–H and O–H groups in total. The Morgan fingerprint density at radius 3 is 2.63 bits per heavy atom.